The van der Waals surface area contributed by atoms with E-state index in [1.165, 1.54) is 22.3 Å². The van der Waals surface area contributed by atoms with Crippen LogP contribution in [0.3, 0.4) is 0 Å². The van der Waals surface area contributed by atoms with Gasteiger partial charge < -0.3 is 5.32 Å². The standard InChI is InChI=1S/C14H23N.C4H8/c1-7-8-9-12(4)10-15-14(6)13(5)11(2)3;1-4(2)3/h7-9,15H,6,10H2,1-5H3;1H2,2-3H3/b8-7-,12-9+;. The number of rotatable bonds is 5. The molecule has 0 amide bonds. The second kappa shape index (κ2) is 11.6. The van der Waals surface area contributed by atoms with Crippen molar-refractivity contribution in [2.24, 2.45) is 0 Å². The van der Waals surface area contributed by atoms with Gasteiger partial charge in [0.15, 0.2) is 0 Å². The number of hydrogen-bond donors (Lipinski definition) is 1. The topological polar surface area (TPSA) is 12.0 Å². The first kappa shape index (κ1) is 19.8. The summed E-state index contributed by atoms with van der Waals surface area (Å²) in [5.74, 6) is 0. The summed E-state index contributed by atoms with van der Waals surface area (Å²) in [4.78, 5) is 0. The van der Waals surface area contributed by atoms with E-state index in [-0.39, 0.29) is 0 Å². The van der Waals surface area contributed by atoms with Crippen LogP contribution in [0.2, 0.25) is 0 Å². The molecule has 0 bridgehead atoms. The van der Waals surface area contributed by atoms with E-state index in [1.54, 1.807) is 0 Å². The highest BCUT2D eigenvalue weighted by molar-refractivity contribution is 5.29. The highest BCUT2D eigenvalue weighted by Crippen LogP contribution is 2.09. The van der Waals surface area contributed by atoms with E-state index in [1.807, 2.05) is 32.9 Å². The molecule has 0 fully saturated rings. The Balaban J connectivity index is 0. The summed E-state index contributed by atoms with van der Waals surface area (Å²) < 4.78 is 0. The lowest BCUT2D eigenvalue weighted by molar-refractivity contribution is 0.876. The van der Waals surface area contributed by atoms with Crippen LogP contribution in [-0.4, -0.2) is 6.54 Å². The van der Waals surface area contributed by atoms with Gasteiger partial charge >= 0.3 is 0 Å². The SMILES string of the molecule is C=C(C)C.C=C(NC/C(C)=C/C=C\C)C(C)=C(C)C. The third-order valence-corrected chi connectivity index (χ3v) is 2.36. The fourth-order valence-electron chi connectivity index (χ4n) is 1.000. The van der Waals surface area contributed by atoms with Crippen LogP contribution in [0.5, 0.6) is 0 Å². The molecule has 0 saturated carbocycles. The van der Waals surface area contributed by atoms with Crippen molar-refractivity contribution in [1.82, 2.24) is 5.32 Å². The first-order valence-electron chi connectivity index (χ1n) is 6.70. The lowest BCUT2D eigenvalue weighted by Crippen LogP contribution is -2.16. The Labute approximate surface area is 120 Å². The first-order valence-corrected chi connectivity index (χ1v) is 6.70. The molecule has 108 valence electrons. The van der Waals surface area contributed by atoms with Crippen molar-refractivity contribution in [2.45, 2.75) is 48.5 Å². The van der Waals surface area contributed by atoms with Crippen LogP contribution in [-0.2, 0) is 0 Å². The highest BCUT2D eigenvalue weighted by Gasteiger charge is 1.97. The average Bonchev–Trinajstić information content (AvgIpc) is 2.31. The molecule has 1 heteroatoms. The van der Waals surface area contributed by atoms with Crippen LogP contribution in [0.25, 0.3) is 0 Å². The molecule has 0 heterocycles. The summed E-state index contributed by atoms with van der Waals surface area (Å²) in [7, 11) is 0. The van der Waals surface area contributed by atoms with Gasteiger partial charge in [-0.2, -0.15) is 0 Å². The number of hydrogen-bond acceptors (Lipinski definition) is 1. The van der Waals surface area contributed by atoms with Gasteiger partial charge in [-0.1, -0.05) is 41.5 Å². The molecule has 0 aromatic heterocycles. The molecule has 0 aliphatic rings. The maximum atomic E-state index is 4.01. The zero-order valence-electron chi connectivity index (χ0n) is 13.9. The Kier molecular flexibility index (Phi) is 12.1. The molecule has 0 saturated heterocycles. The van der Waals surface area contributed by atoms with E-state index < -0.39 is 0 Å². The van der Waals surface area contributed by atoms with Gasteiger partial charge in [-0.25, -0.2) is 0 Å². The molecule has 1 N–H and O–H groups in total. The summed E-state index contributed by atoms with van der Waals surface area (Å²) in [5.41, 5.74) is 6.04. The second-order valence-corrected chi connectivity index (χ2v) is 5.20. The summed E-state index contributed by atoms with van der Waals surface area (Å²) >= 11 is 0. The largest absolute Gasteiger partial charge is 0.382 e. The minimum atomic E-state index is 0.855. The van der Waals surface area contributed by atoms with Gasteiger partial charge in [-0.3, -0.25) is 0 Å². The molecule has 0 aromatic rings. The molecule has 0 rings (SSSR count). The molecular weight excluding hydrogens is 230 g/mol. The Hall–Kier alpha value is -1.50. The molecule has 0 aliphatic carbocycles. The summed E-state index contributed by atoms with van der Waals surface area (Å²) in [6.07, 6.45) is 6.19. The predicted molar refractivity (Wildman–Crippen MR) is 90.2 cm³/mol. The fraction of sp³-hybridized carbons (Fsp3) is 0.444. The van der Waals surface area contributed by atoms with Gasteiger partial charge in [0.1, 0.15) is 0 Å². The van der Waals surface area contributed by atoms with E-state index in [9.17, 15) is 0 Å². The summed E-state index contributed by atoms with van der Waals surface area (Å²) in [6.45, 7) is 22.8. The zero-order chi connectivity index (χ0) is 15.4. The molecule has 0 aliphatic heterocycles. The van der Waals surface area contributed by atoms with Crippen molar-refractivity contribution in [2.75, 3.05) is 6.54 Å². The van der Waals surface area contributed by atoms with Crippen molar-refractivity contribution in [1.29, 1.82) is 0 Å². The van der Waals surface area contributed by atoms with Crippen LogP contribution in [0.15, 0.2) is 59.4 Å². The maximum absolute atomic E-state index is 4.01. The van der Waals surface area contributed by atoms with Crippen LogP contribution in [0, 0.1) is 0 Å². The average molecular weight is 261 g/mol. The Bertz CT molecular complexity index is 370. The molecule has 0 spiro atoms. The van der Waals surface area contributed by atoms with Crippen LogP contribution < -0.4 is 5.32 Å². The van der Waals surface area contributed by atoms with Gasteiger partial charge in [0.05, 0.1) is 0 Å². The monoisotopic (exact) mass is 261 g/mol. The van der Waals surface area contributed by atoms with E-state index in [4.69, 9.17) is 0 Å². The van der Waals surface area contributed by atoms with E-state index in [0.29, 0.717) is 0 Å². The second-order valence-electron chi connectivity index (χ2n) is 5.20. The normalized spacial score (nSPS) is 10.6. The minimum absolute atomic E-state index is 0.855. The van der Waals surface area contributed by atoms with Gasteiger partial charge in [-0.05, 0) is 54.0 Å². The number of nitrogens with one attached hydrogen (secondary N) is 1. The van der Waals surface area contributed by atoms with E-state index >= 15 is 0 Å². The fourth-order valence-corrected chi connectivity index (χ4v) is 1.000. The van der Waals surface area contributed by atoms with Gasteiger partial charge in [0, 0.05) is 12.2 Å². The molecule has 0 atom stereocenters. The van der Waals surface area contributed by atoms with Gasteiger partial charge in [0.25, 0.3) is 0 Å². The van der Waals surface area contributed by atoms with Gasteiger partial charge in [0.2, 0.25) is 0 Å². The Morgan fingerprint density at radius 3 is 1.84 bits per heavy atom. The first-order chi connectivity index (χ1) is 8.72. The Morgan fingerprint density at radius 2 is 1.47 bits per heavy atom. The summed E-state index contributed by atoms with van der Waals surface area (Å²) in [6, 6.07) is 0. The van der Waals surface area contributed by atoms with Crippen molar-refractivity contribution in [3.8, 4) is 0 Å². The van der Waals surface area contributed by atoms with Crippen LogP contribution in [0.4, 0.5) is 0 Å². The quantitative estimate of drug-likeness (QED) is 0.505. The van der Waals surface area contributed by atoms with Crippen LogP contribution in [0.1, 0.15) is 48.5 Å². The zero-order valence-corrected chi connectivity index (χ0v) is 13.9. The lowest BCUT2D eigenvalue weighted by Gasteiger charge is -2.11. The molecule has 0 unspecified atom stereocenters. The van der Waals surface area contributed by atoms with E-state index in [0.717, 1.165) is 12.2 Å². The molecular formula is C18H31N. The summed E-state index contributed by atoms with van der Waals surface area (Å²) in [5, 5.41) is 3.32. The predicted octanol–water partition coefficient (Wildman–Crippen LogP) is 5.55. The van der Waals surface area contributed by atoms with Crippen molar-refractivity contribution in [3.05, 3.63) is 59.4 Å². The van der Waals surface area contributed by atoms with E-state index in [2.05, 4.69) is 52.2 Å². The molecule has 0 radical (unpaired) electrons. The van der Waals surface area contributed by atoms with Crippen molar-refractivity contribution < 1.29 is 0 Å². The lowest BCUT2D eigenvalue weighted by atomic mass is 10.1. The third-order valence-electron chi connectivity index (χ3n) is 2.36. The number of allylic oxidation sites excluding steroid dienone is 6. The third kappa shape index (κ3) is 14.4. The van der Waals surface area contributed by atoms with Crippen LogP contribution >= 0.6 is 0 Å². The maximum Gasteiger partial charge on any atom is 0.0360 e. The highest BCUT2D eigenvalue weighted by atomic mass is 14.9. The van der Waals surface area contributed by atoms with Crippen molar-refractivity contribution >= 4 is 0 Å². The minimum Gasteiger partial charge on any atom is -0.382 e. The molecule has 0 aromatic carbocycles. The molecule has 1 nitrogen and oxygen atoms in total. The Morgan fingerprint density at radius 1 is 1.00 bits per heavy atom. The van der Waals surface area contributed by atoms with Crippen molar-refractivity contribution in [3.63, 3.8) is 0 Å². The molecule has 19 heavy (non-hydrogen) atoms. The smallest absolute Gasteiger partial charge is 0.0360 e. The van der Waals surface area contributed by atoms with Gasteiger partial charge in [-0.15, -0.1) is 6.58 Å².